The lowest BCUT2D eigenvalue weighted by atomic mass is 9.91. The van der Waals surface area contributed by atoms with E-state index < -0.39 is 11.9 Å². The molecule has 0 bridgehead atoms. The number of amides is 2. The Labute approximate surface area is 147 Å². The van der Waals surface area contributed by atoms with E-state index in [4.69, 9.17) is 14.6 Å². The second-order valence-corrected chi connectivity index (χ2v) is 6.41. The van der Waals surface area contributed by atoms with Crippen LogP contribution < -0.4 is 10.1 Å². The van der Waals surface area contributed by atoms with Crippen LogP contribution in [0.2, 0.25) is 0 Å². The van der Waals surface area contributed by atoms with E-state index in [2.05, 4.69) is 5.32 Å². The zero-order valence-electron chi connectivity index (χ0n) is 14.7. The van der Waals surface area contributed by atoms with Gasteiger partial charge in [-0.1, -0.05) is 19.1 Å². The first-order valence-corrected chi connectivity index (χ1v) is 8.46. The fourth-order valence-corrected chi connectivity index (χ4v) is 2.95. The van der Waals surface area contributed by atoms with Gasteiger partial charge in [0.1, 0.15) is 5.75 Å². The maximum atomic E-state index is 12.2. The van der Waals surface area contributed by atoms with Crippen molar-refractivity contribution in [2.24, 2.45) is 11.8 Å². The Balaban J connectivity index is 1.66. The van der Waals surface area contributed by atoms with Crippen molar-refractivity contribution < 1.29 is 24.2 Å². The molecule has 7 heteroatoms. The Hall–Kier alpha value is -2.28. The molecule has 1 fully saturated rings. The van der Waals surface area contributed by atoms with Crippen molar-refractivity contribution in [2.45, 2.75) is 20.0 Å². The average molecular weight is 350 g/mol. The molecule has 1 aromatic rings. The van der Waals surface area contributed by atoms with Crippen LogP contribution in [0.1, 0.15) is 18.9 Å². The molecule has 2 atom stereocenters. The van der Waals surface area contributed by atoms with Crippen molar-refractivity contribution in [1.29, 1.82) is 0 Å². The molecule has 1 aliphatic rings. The number of aliphatic carboxylic acids is 1. The first-order chi connectivity index (χ1) is 12.0. The number of nitrogens with zero attached hydrogens (tertiary/aromatic N) is 1. The van der Waals surface area contributed by atoms with Crippen LogP contribution in [-0.2, 0) is 16.1 Å². The number of ether oxygens (including phenoxy) is 2. The minimum absolute atomic E-state index is 0.187. The number of nitrogens with one attached hydrogen (secondary N) is 1. The summed E-state index contributed by atoms with van der Waals surface area (Å²) in [5.74, 6) is -0.341. The molecule has 0 saturated carbocycles. The summed E-state index contributed by atoms with van der Waals surface area (Å²) in [5, 5.41) is 11.9. The fraction of sp³-hybridized carbons (Fsp3) is 0.556. The minimum Gasteiger partial charge on any atom is -0.497 e. The van der Waals surface area contributed by atoms with Crippen LogP contribution in [0.5, 0.6) is 5.75 Å². The molecule has 1 aliphatic heterocycles. The van der Waals surface area contributed by atoms with E-state index in [1.807, 2.05) is 31.2 Å². The minimum atomic E-state index is -0.841. The van der Waals surface area contributed by atoms with Gasteiger partial charge in [-0.2, -0.15) is 0 Å². The lowest BCUT2D eigenvalue weighted by Gasteiger charge is -2.34. The molecule has 138 valence electrons. The summed E-state index contributed by atoms with van der Waals surface area (Å²) in [6.07, 6.45) is 0.615. The predicted molar refractivity (Wildman–Crippen MR) is 92.5 cm³/mol. The number of urea groups is 1. The smallest absolute Gasteiger partial charge is 0.317 e. The van der Waals surface area contributed by atoms with Crippen molar-refractivity contribution in [3.05, 3.63) is 29.8 Å². The third kappa shape index (κ3) is 5.94. The Morgan fingerprint density at radius 2 is 2.00 bits per heavy atom. The zero-order valence-corrected chi connectivity index (χ0v) is 14.7. The highest BCUT2D eigenvalue weighted by atomic mass is 16.5. The van der Waals surface area contributed by atoms with Gasteiger partial charge in [-0.3, -0.25) is 4.79 Å². The van der Waals surface area contributed by atoms with Crippen LogP contribution in [0.15, 0.2) is 24.3 Å². The van der Waals surface area contributed by atoms with E-state index in [0.29, 0.717) is 32.7 Å². The van der Waals surface area contributed by atoms with E-state index in [-0.39, 0.29) is 18.5 Å². The Kier molecular flexibility index (Phi) is 7.06. The molecule has 0 aliphatic carbocycles. The van der Waals surface area contributed by atoms with Gasteiger partial charge < -0.3 is 24.8 Å². The summed E-state index contributed by atoms with van der Waals surface area (Å²) >= 11 is 0. The molecular formula is C18H26N2O5. The summed E-state index contributed by atoms with van der Waals surface area (Å²) in [5.41, 5.74) is 1.03. The molecule has 25 heavy (non-hydrogen) atoms. The van der Waals surface area contributed by atoms with Gasteiger partial charge in [-0.05, 0) is 30.0 Å². The van der Waals surface area contributed by atoms with Crippen molar-refractivity contribution in [3.8, 4) is 5.75 Å². The number of likely N-dealkylation sites (tertiary alicyclic amines) is 1. The van der Waals surface area contributed by atoms with Crippen LogP contribution in [0.3, 0.4) is 0 Å². The summed E-state index contributed by atoms with van der Waals surface area (Å²) in [6.45, 7) is 4.05. The van der Waals surface area contributed by atoms with Gasteiger partial charge in [0.2, 0.25) is 0 Å². The number of piperidine rings is 1. The monoisotopic (exact) mass is 350 g/mol. The number of methoxy groups -OCH3 is 1. The fourth-order valence-electron chi connectivity index (χ4n) is 2.95. The lowest BCUT2D eigenvalue weighted by Crippen LogP contribution is -2.50. The van der Waals surface area contributed by atoms with E-state index in [1.165, 1.54) is 0 Å². The largest absolute Gasteiger partial charge is 0.497 e. The number of hydrogen-bond acceptors (Lipinski definition) is 4. The molecule has 0 radical (unpaired) electrons. The van der Waals surface area contributed by atoms with Gasteiger partial charge in [-0.15, -0.1) is 0 Å². The van der Waals surface area contributed by atoms with Crippen LogP contribution in [-0.4, -0.2) is 55.4 Å². The standard InChI is InChI=1S/C18H26N2O5/c1-13-9-15(17(21)22)11-20(10-13)18(23)19-7-8-25-12-14-3-5-16(24-2)6-4-14/h3-6,13,15H,7-12H2,1-2H3,(H,19,23)(H,21,22). The number of carbonyl (C=O) groups is 2. The van der Waals surface area contributed by atoms with Crippen LogP contribution in [0.4, 0.5) is 4.79 Å². The first-order valence-electron chi connectivity index (χ1n) is 8.46. The number of benzene rings is 1. The molecule has 2 unspecified atom stereocenters. The SMILES string of the molecule is COc1ccc(COCCNC(=O)N2CC(C)CC(C(=O)O)C2)cc1. The molecule has 7 nitrogen and oxygen atoms in total. The van der Waals surface area contributed by atoms with Gasteiger partial charge in [0, 0.05) is 19.6 Å². The number of carboxylic acids is 1. The van der Waals surface area contributed by atoms with Crippen LogP contribution in [0, 0.1) is 11.8 Å². The first kappa shape index (κ1) is 19.1. The zero-order chi connectivity index (χ0) is 18.2. The third-order valence-electron chi connectivity index (χ3n) is 4.25. The average Bonchev–Trinajstić information content (AvgIpc) is 2.61. The molecule has 1 heterocycles. The van der Waals surface area contributed by atoms with Crippen LogP contribution >= 0.6 is 0 Å². The highest BCUT2D eigenvalue weighted by Gasteiger charge is 2.31. The predicted octanol–water partition coefficient (Wildman–Crippen LogP) is 1.96. The second-order valence-electron chi connectivity index (χ2n) is 6.41. The lowest BCUT2D eigenvalue weighted by molar-refractivity contribution is -0.143. The van der Waals surface area contributed by atoms with Crippen LogP contribution in [0.25, 0.3) is 0 Å². The van der Waals surface area contributed by atoms with Crippen molar-refractivity contribution in [2.75, 3.05) is 33.4 Å². The van der Waals surface area contributed by atoms with Gasteiger partial charge >= 0.3 is 12.0 Å². The molecule has 0 aromatic heterocycles. The molecule has 2 amide bonds. The number of carboxylic acid groups (broad SMARTS) is 1. The van der Waals surface area contributed by atoms with Gasteiger partial charge in [0.05, 0.1) is 26.2 Å². The molecular weight excluding hydrogens is 324 g/mol. The Morgan fingerprint density at radius 1 is 1.28 bits per heavy atom. The van der Waals surface area contributed by atoms with Crippen molar-refractivity contribution in [3.63, 3.8) is 0 Å². The summed E-state index contributed by atoms with van der Waals surface area (Å²) in [7, 11) is 1.62. The normalized spacial score (nSPS) is 20.2. The Morgan fingerprint density at radius 3 is 2.64 bits per heavy atom. The molecule has 2 rings (SSSR count). The van der Waals surface area contributed by atoms with Crippen molar-refractivity contribution >= 4 is 12.0 Å². The highest BCUT2D eigenvalue weighted by Crippen LogP contribution is 2.21. The number of hydrogen-bond donors (Lipinski definition) is 2. The summed E-state index contributed by atoms with van der Waals surface area (Å²) in [6, 6.07) is 7.37. The van der Waals surface area contributed by atoms with Gasteiger partial charge in [0.25, 0.3) is 0 Å². The Bertz CT molecular complexity index is 575. The van der Waals surface area contributed by atoms with E-state index in [1.54, 1.807) is 12.0 Å². The molecule has 0 spiro atoms. The second kappa shape index (κ2) is 9.27. The van der Waals surface area contributed by atoms with Gasteiger partial charge in [-0.25, -0.2) is 4.79 Å². The highest BCUT2D eigenvalue weighted by molar-refractivity contribution is 5.76. The summed E-state index contributed by atoms with van der Waals surface area (Å²) in [4.78, 5) is 24.9. The van der Waals surface area contributed by atoms with E-state index >= 15 is 0 Å². The maximum Gasteiger partial charge on any atom is 0.317 e. The molecule has 1 saturated heterocycles. The molecule has 2 N–H and O–H groups in total. The third-order valence-corrected chi connectivity index (χ3v) is 4.25. The van der Waals surface area contributed by atoms with E-state index in [0.717, 1.165) is 11.3 Å². The maximum absolute atomic E-state index is 12.2. The topological polar surface area (TPSA) is 88.1 Å². The van der Waals surface area contributed by atoms with Gasteiger partial charge in [0.15, 0.2) is 0 Å². The number of carbonyl (C=O) groups excluding carboxylic acids is 1. The van der Waals surface area contributed by atoms with E-state index in [9.17, 15) is 9.59 Å². The molecule has 1 aromatic carbocycles. The van der Waals surface area contributed by atoms with Crippen molar-refractivity contribution in [1.82, 2.24) is 10.2 Å². The number of rotatable bonds is 7. The quantitative estimate of drug-likeness (QED) is 0.734. The summed E-state index contributed by atoms with van der Waals surface area (Å²) < 4.78 is 10.6.